The van der Waals surface area contributed by atoms with Crippen molar-refractivity contribution in [2.24, 2.45) is 16.6 Å². The first kappa shape index (κ1) is 16.7. The lowest BCUT2D eigenvalue weighted by Gasteiger charge is -2.12. The topological polar surface area (TPSA) is 56.8 Å². The van der Waals surface area contributed by atoms with Crippen molar-refractivity contribution in [2.75, 3.05) is 20.8 Å². The summed E-state index contributed by atoms with van der Waals surface area (Å²) in [5, 5.41) is 0.632. The van der Waals surface area contributed by atoms with Crippen LogP contribution in [0.5, 0.6) is 11.5 Å². The molecule has 0 radical (unpaired) electrons. The monoisotopic (exact) mass is 296 g/mol. The first-order valence-corrected chi connectivity index (χ1v) is 7.60. The van der Waals surface area contributed by atoms with Gasteiger partial charge >= 0.3 is 0 Å². The molecule has 0 saturated heterocycles. The molecule has 0 aliphatic rings. The fraction of sp³-hybridized carbons (Fsp3) is 0.533. The van der Waals surface area contributed by atoms with Gasteiger partial charge in [0.25, 0.3) is 0 Å². The van der Waals surface area contributed by atoms with Crippen LogP contribution < -0.4 is 15.2 Å². The summed E-state index contributed by atoms with van der Waals surface area (Å²) in [6.07, 6.45) is 0. The SMILES string of the molecule is COc1cc(C)c(CSC(N)=NCC(C)C)cc1OC. The number of nitrogens with two attached hydrogens (primary N) is 1. The van der Waals surface area contributed by atoms with Crippen LogP contribution in [0, 0.1) is 12.8 Å². The highest BCUT2D eigenvalue weighted by Crippen LogP contribution is 2.31. The van der Waals surface area contributed by atoms with Crippen molar-refractivity contribution in [3.8, 4) is 11.5 Å². The van der Waals surface area contributed by atoms with E-state index in [1.54, 1.807) is 26.0 Å². The van der Waals surface area contributed by atoms with E-state index >= 15 is 0 Å². The van der Waals surface area contributed by atoms with E-state index in [1.165, 1.54) is 5.56 Å². The summed E-state index contributed by atoms with van der Waals surface area (Å²) in [7, 11) is 3.28. The molecule has 0 aromatic heterocycles. The third-order valence-corrected chi connectivity index (χ3v) is 3.71. The van der Waals surface area contributed by atoms with Gasteiger partial charge in [-0.25, -0.2) is 0 Å². The summed E-state index contributed by atoms with van der Waals surface area (Å²) in [5.74, 6) is 2.79. The predicted molar refractivity (Wildman–Crippen MR) is 86.9 cm³/mol. The fourth-order valence-electron chi connectivity index (χ4n) is 1.65. The average molecular weight is 296 g/mol. The Bertz CT molecular complexity index is 473. The summed E-state index contributed by atoms with van der Waals surface area (Å²) in [5.41, 5.74) is 8.24. The third kappa shape index (κ3) is 4.96. The second-order valence-electron chi connectivity index (χ2n) is 5.00. The minimum atomic E-state index is 0.525. The number of benzene rings is 1. The van der Waals surface area contributed by atoms with Crippen molar-refractivity contribution >= 4 is 16.9 Å². The molecule has 0 spiro atoms. The highest BCUT2D eigenvalue weighted by atomic mass is 32.2. The van der Waals surface area contributed by atoms with Crippen LogP contribution in [-0.2, 0) is 5.75 Å². The van der Waals surface area contributed by atoms with E-state index in [9.17, 15) is 0 Å². The fourth-order valence-corrected chi connectivity index (χ4v) is 2.43. The third-order valence-electron chi connectivity index (χ3n) is 2.83. The Morgan fingerprint density at radius 3 is 2.40 bits per heavy atom. The number of aryl methyl sites for hydroxylation is 1. The van der Waals surface area contributed by atoms with Gasteiger partial charge in [-0.3, -0.25) is 4.99 Å². The molecule has 0 aliphatic heterocycles. The Hall–Kier alpha value is -1.36. The number of aliphatic imine (C=N–C) groups is 1. The molecule has 0 saturated carbocycles. The van der Waals surface area contributed by atoms with Gasteiger partial charge in [0.15, 0.2) is 16.7 Å². The molecule has 1 aromatic rings. The zero-order chi connectivity index (χ0) is 15.1. The van der Waals surface area contributed by atoms with Crippen LogP contribution in [0.25, 0.3) is 0 Å². The summed E-state index contributed by atoms with van der Waals surface area (Å²) in [6.45, 7) is 7.07. The van der Waals surface area contributed by atoms with E-state index in [-0.39, 0.29) is 0 Å². The van der Waals surface area contributed by atoms with Crippen LogP contribution in [0.1, 0.15) is 25.0 Å². The van der Waals surface area contributed by atoms with E-state index in [2.05, 4.69) is 25.8 Å². The molecule has 5 heteroatoms. The highest BCUT2D eigenvalue weighted by molar-refractivity contribution is 8.13. The number of nitrogens with zero attached hydrogens (tertiary/aromatic N) is 1. The zero-order valence-electron chi connectivity index (χ0n) is 12.9. The van der Waals surface area contributed by atoms with Gasteiger partial charge in [-0.15, -0.1) is 0 Å². The van der Waals surface area contributed by atoms with E-state index in [0.29, 0.717) is 11.1 Å². The molecular formula is C15H24N2O2S. The molecule has 0 unspecified atom stereocenters. The Morgan fingerprint density at radius 2 is 1.85 bits per heavy atom. The molecule has 0 aliphatic carbocycles. The summed E-state index contributed by atoms with van der Waals surface area (Å²) in [6, 6.07) is 3.98. The van der Waals surface area contributed by atoms with Crippen molar-refractivity contribution in [3.05, 3.63) is 23.3 Å². The normalized spacial score (nSPS) is 11.8. The lowest BCUT2D eigenvalue weighted by molar-refractivity contribution is 0.354. The number of thioether (sulfide) groups is 1. The zero-order valence-corrected chi connectivity index (χ0v) is 13.7. The number of ether oxygens (including phenoxy) is 2. The summed E-state index contributed by atoms with van der Waals surface area (Å²) < 4.78 is 10.6. The number of methoxy groups -OCH3 is 2. The molecule has 0 atom stereocenters. The van der Waals surface area contributed by atoms with E-state index < -0.39 is 0 Å². The Kier molecular flexibility index (Phi) is 6.71. The Morgan fingerprint density at radius 1 is 1.25 bits per heavy atom. The number of hydrogen-bond donors (Lipinski definition) is 1. The molecular weight excluding hydrogens is 272 g/mol. The van der Waals surface area contributed by atoms with Crippen LogP contribution in [0.2, 0.25) is 0 Å². The maximum absolute atomic E-state index is 5.90. The van der Waals surface area contributed by atoms with Crippen molar-refractivity contribution in [1.29, 1.82) is 0 Å². The molecule has 1 rings (SSSR count). The van der Waals surface area contributed by atoms with Gasteiger partial charge in [0, 0.05) is 12.3 Å². The molecule has 1 aromatic carbocycles. The largest absolute Gasteiger partial charge is 0.493 e. The quantitative estimate of drug-likeness (QED) is 0.647. The standard InChI is InChI=1S/C15H24N2O2S/c1-10(2)8-17-15(16)20-9-12-7-14(19-5)13(18-4)6-11(12)3/h6-7,10H,8-9H2,1-5H3,(H2,16,17). The van der Waals surface area contributed by atoms with Gasteiger partial charge in [-0.1, -0.05) is 25.6 Å². The molecule has 0 bridgehead atoms. The van der Waals surface area contributed by atoms with Crippen LogP contribution in [0.3, 0.4) is 0 Å². The summed E-state index contributed by atoms with van der Waals surface area (Å²) >= 11 is 1.55. The molecule has 2 N–H and O–H groups in total. The Labute approximate surface area is 125 Å². The lowest BCUT2D eigenvalue weighted by atomic mass is 10.1. The minimum absolute atomic E-state index is 0.525. The highest BCUT2D eigenvalue weighted by Gasteiger charge is 2.09. The minimum Gasteiger partial charge on any atom is -0.493 e. The van der Waals surface area contributed by atoms with Gasteiger partial charge in [-0.2, -0.15) is 0 Å². The molecule has 0 fully saturated rings. The van der Waals surface area contributed by atoms with Gasteiger partial charge in [0.05, 0.1) is 14.2 Å². The van der Waals surface area contributed by atoms with Crippen LogP contribution in [0.15, 0.2) is 17.1 Å². The maximum Gasteiger partial charge on any atom is 0.161 e. The van der Waals surface area contributed by atoms with Crippen molar-refractivity contribution < 1.29 is 9.47 Å². The van der Waals surface area contributed by atoms with Gasteiger partial charge in [-0.05, 0) is 36.1 Å². The maximum atomic E-state index is 5.90. The van der Waals surface area contributed by atoms with E-state index in [1.807, 2.05) is 12.1 Å². The average Bonchev–Trinajstić information content (AvgIpc) is 2.43. The first-order chi connectivity index (χ1) is 9.47. The van der Waals surface area contributed by atoms with Crippen molar-refractivity contribution in [2.45, 2.75) is 26.5 Å². The molecule has 4 nitrogen and oxygen atoms in total. The van der Waals surface area contributed by atoms with Crippen LogP contribution in [-0.4, -0.2) is 25.9 Å². The van der Waals surface area contributed by atoms with Gasteiger partial charge in [0.2, 0.25) is 0 Å². The second-order valence-corrected chi connectivity index (χ2v) is 5.99. The molecule has 0 amide bonds. The van der Waals surface area contributed by atoms with E-state index in [4.69, 9.17) is 15.2 Å². The Balaban J connectivity index is 2.75. The van der Waals surface area contributed by atoms with Gasteiger partial charge < -0.3 is 15.2 Å². The number of amidine groups is 1. The van der Waals surface area contributed by atoms with Crippen LogP contribution >= 0.6 is 11.8 Å². The second kappa shape index (κ2) is 8.04. The molecule has 20 heavy (non-hydrogen) atoms. The molecule has 112 valence electrons. The van der Waals surface area contributed by atoms with E-state index in [0.717, 1.165) is 29.4 Å². The first-order valence-electron chi connectivity index (χ1n) is 6.62. The predicted octanol–water partition coefficient (Wildman–Crippen LogP) is 3.22. The lowest BCUT2D eigenvalue weighted by Crippen LogP contribution is -2.09. The van der Waals surface area contributed by atoms with Gasteiger partial charge in [0.1, 0.15) is 0 Å². The smallest absolute Gasteiger partial charge is 0.161 e. The summed E-state index contributed by atoms with van der Waals surface area (Å²) in [4.78, 5) is 4.35. The van der Waals surface area contributed by atoms with Crippen LogP contribution in [0.4, 0.5) is 0 Å². The van der Waals surface area contributed by atoms with Crippen molar-refractivity contribution in [3.63, 3.8) is 0 Å². The molecule has 0 heterocycles. The van der Waals surface area contributed by atoms with Crippen molar-refractivity contribution in [1.82, 2.24) is 0 Å². The number of hydrogen-bond acceptors (Lipinski definition) is 4. The number of rotatable bonds is 6.